The molecule has 27 heavy (non-hydrogen) atoms. The SMILES string of the molecule is Cc1c2c(nn1C1CCOCC1(F)F)OCCCNc1nc(ncc1Cl)N2. The Morgan fingerprint density at radius 1 is 1.37 bits per heavy atom. The Balaban J connectivity index is 1.74. The molecule has 1 atom stereocenters. The summed E-state index contributed by atoms with van der Waals surface area (Å²) in [6.07, 6.45) is 2.30. The lowest BCUT2D eigenvalue weighted by molar-refractivity contribution is -0.150. The van der Waals surface area contributed by atoms with Gasteiger partial charge in [-0.2, -0.15) is 4.98 Å². The maximum absolute atomic E-state index is 14.4. The van der Waals surface area contributed by atoms with Gasteiger partial charge in [-0.25, -0.2) is 13.8 Å². The number of fused-ring (bicyclic) bond motifs is 3. The highest BCUT2D eigenvalue weighted by Gasteiger charge is 2.45. The smallest absolute Gasteiger partial charge is 0.292 e. The summed E-state index contributed by atoms with van der Waals surface area (Å²) < 4.78 is 40.7. The topological polar surface area (TPSA) is 86.1 Å². The third-order valence-electron chi connectivity index (χ3n) is 4.56. The van der Waals surface area contributed by atoms with Gasteiger partial charge >= 0.3 is 0 Å². The van der Waals surface area contributed by atoms with Gasteiger partial charge in [0.25, 0.3) is 11.8 Å². The van der Waals surface area contributed by atoms with Crippen molar-refractivity contribution in [1.29, 1.82) is 0 Å². The first-order valence-corrected chi connectivity index (χ1v) is 9.04. The van der Waals surface area contributed by atoms with Gasteiger partial charge in [0, 0.05) is 13.2 Å². The second-order valence-corrected chi connectivity index (χ2v) is 6.88. The van der Waals surface area contributed by atoms with Crippen LogP contribution in [0, 0.1) is 6.92 Å². The predicted molar refractivity (Wildman–Crippen MR) is 95.3 cm³/mol. The van der Waals surface area contributed by atoms with E-state index in [4.69, 9.17) is 21.1 Å². The zero-order chi connectivity index (χ0) is 19.0. The molecule has 0 aromatic carbocycles. The van der Waals surface area contributed by atoms with Gasteiger partial charge in [0.1, 0.15) is 23.4 Å². The third kappa shape index (κ3) is 3.51. The molecule has 2 bridgehead atoms. The molecular weight excluding hydrogens is 382 g/mol. The summed E-state index contributed by atoms with van der Waals surface area (Å²) in [6, 6.07) is -1.10. The molecule has 1 saturated heterocycles. The van der Waals surface area contributed by atoms with Crippen molar-refractivity contribution in [1.82, 2.24) is 19.7 Å². The Morgan fingerprint density at radius 2 is 2.22 bits per heavy atom. The van der Waals surface area contributed by atoms with E-state index in [9.17, 15) is 8.78 Å². The van der Waals surface area contributed by atoms with Gasteiger partial charge in [-0.15, -0.1) is 5.10 Å². The number of rotatable bonds is 1. The number of ether oxygens (including phenoxy) is 2. The molecule has 2 aliphatic rings. The Bertz CT molecular complexity index is 847. The van der Waals surface area contributed by atoms with Crippen LogP contribution >= 0.6 is 11.6 Å². The highest BCUT2D eigenvalue weighted by Crippen LogP contribution is 2.40. The number of nitrogens with one attached hydrogen (secondary N) is 2. The van der Waals surface area contributed by atoms with Gasteiger partial charge in [-0.3, -0.25) is 4.68 Å². The Hall–Kier alpha value is -2.20. The van der Waals surface area contributed by atoms with Crippen LogP contribution in [0.3, 0.4) is 0 Å². The summed E-state index contributed by atoms with van der Waals surface area (Å²) in [6.45, 7) is 2.30. The quantitative estimate of drug-likeness (QED) is 0.760. The fraction of sp³-hybridized carbons (Fsp3) is 0.562. The number of hydrogen-bond acceptors (Lipinski definition) is 7. The lowest BCUT2D eigenvalue weighted by Gasteiger charge is -2.31. The van der Waals surface area contributed by atoms with Gasteiger partial charge < -0.3 is 20.1 Å². The molecule has 1 fully saturated rings. The molecule has 4 heterocycles. The minimum atomic E-state index is -3.01. The van der Waals surface area contributed by atoms with Crippen molar-refractivity contribution in [2.75, 3.05) is 37.0 Å². The maximum atomic E-state index is 14.4. The van der Waals surface area contributed by atoms with E-state index >= 15 is 0 Å². The first-order chi connectivity index (χ1) is 13.0. The number of nitrogens with zero attached hydrogens (tertiary/aromatic N) is 4. The average molecular weight is 401 g/mol. The van der Waals surface area contributed by atoms with E-state index in [1.807, 2.05) is 0 Å². The number of alkyl halides is 2. The normalized spacial score (nSPS) is 21.9. The van der Waals surface area contributed by atoms with E-state index in [1.54, 1.807) is 6.92 Å². The summed E-state index contributed by atoms with van der Waals surface area (Å²) in [4.78, 5) is 8.49. The largest absolute Gasteiger partial charge is 0.475 e. The van der Waals surface area contributed by atoms with Crippen LogP contribution in [0.15, 0.2) is 6.20 Å². The molecule has 1 unspecified atom stereocenters. The minimum absolute atomic E-state index is 0.167. The summed E-state index contributed by atoms with van der Waals surface area (Å²) in [5.74, 6) is -1.99. The van der Waals surface area contributed by atoms with Crippen molar-refractivity contribution in [2.24, 2.45) is 0 Å². The molecule has 2 N–H and O–H groups in total. The molecule has 0 radical (unpaired) electrons. The van der Waals surface area contributed by atoms with E-state index in [1.165, 1.54) is 10.9 Å². The zero-order valence-electron chi connectivity index (χ0n) is 14.6. The fourth-order valence-corrected chi connectivity index (χ4v) is 3.32. The van der Waals surface area contributed by atoms with Crippen LogP contribution in [0.4, 0.5) is 26.2 Å². The molecule has 11 heteroatoms. The monoisotopic (exact) mass is 400 g/mol. The summed E-state index contributed by atoms with van der Waals surface area (Å²) in [5, 5.41) is 10.9. The first-order valence-electron chi connectivity index (χ1n) is 8.66. The highest BCUT2D eigenvalue weighted by atomic mass is 35.5. The van der Waals surface area contributed by atoms with Crippen LogP contribution in [0.25, 0.3) is 0 Å². The number of aromatic nitrogens is 4. The standard InChI is InChI=1S/C16H19ClF2N6O2/c1-9-12-14(24-25(9)11-3-6-26-8-16(11,18)19)27-5-2-4-20-13-10(17)7-21-15(22-12)23-13/h7,11H,2-6,8H2,1H3,(H2,20,21,22,23). The van der Waals surface area contributed by atoms with Crippen molar-refractivity contribution in [3.63, 3.8) is 0 Å². The molecule has 0 aliphatic carbocycles. The van der Waals surface area contributed by atoms with Crippen molar-refractivity contribution in [3.05, 3.63) is 16.9 Å². The number of anilines is 3. The van der Waals surface area contributed by atoms with Crippen molar-refractivity contribution in [3.8, 4) is 5.88 Å². The van der Waals surface area contributed by atoms with Gasteiger partial charge in [-0.05, 0) is 19.8 Å². The molecule has 4 rings (SSSR count). The van der Waals surface area contributed by atoms with E-state index in [0.29, 0.717) is 41.8 Å². The van der Waals surface area contributed by atoms with Crippen molar-refractivity contribution >= 4 is 29.1 Å². The van der Waals surface area contributed by atoms with E-state index in [0.717, 1.165) is 0 Å². The van der Waals surface area contributed by atoms with E-state index in [2.05, 4.69) is 25.7 Å². The Morgan fingerprint density at radius 3 is 3.04 bits per heavy atom. The van der Waals surface area contributed by atoms with Gasteiger partial charge in [0.05, 0.1) is 18.5 Å². The van der Waals surface area contributed by atoms with Crippen LogP contribution in [0.5, 0.6) is 5.88 Å². The molecule has 0 amide bonds. The fourth-order valence-electron chi connectivity index (χ4n) is 3.16. The van der Waals surface area contributed by atoms with Crippen LogP contribution < -0.4 is 15.4 Å². The van der Waals surface area contributed by atoms with Gasteiger partial charge in [0.2, 0.25) is 5.95 Å². The molecule has 0 spiro atoms. The Kier molecular flexibility index (Phi) is 4.77. The molecule has 0 saturated carbocycles. The predicted octanol–water partition coefficient (Wildman–Crippen LogP) is 3.17. The van der Waals surface area contributed by atoms with Crippen LogP contribution in [0.2, 0.25) is 5.02 Å². The first kappa shape index (κ1) is 18.2. The van der Waals surface area contributed by atoms with Crippen LogP contribution in [-0.4, -0.2) is 52.0 Å². The summed E-state index contributed by atoms with van der Waals surface area (Å²) in [5.41, 5.74) is 0.983. The summed E-state index contributed by atoms with van der Waals surface area (Å²) >= 11 is 6.10. The number of halogens is 3. The number of hydrogen-bond donors (Lipinski definition) is 2. The molecule has 2 aromatic rings. The van der Waals surface area contributed by atoms with E-state index < -0.39 is 18.6 Å². The zero-order valence-corrected chi connectivity index (χ0v) is 15.4. The van der Waals surface area contributed by atoms with Crippen LogP contribution in [0.1, 0.15) is 24.6 Å². The molecule has 2 aliphatic heterocycles. The maximum Gasteiger partial charge on any atom is 0.292 e. The Labute approximate surface area is 159 Å². The lowest BCUT2D eigenvalue weighted by atomic mass is 10.1. The van der Waals surface area contributed by atoms with Crippen LogP contribution in [-0.2, 0) is 4.74 Å². The lowest BCUT2D eigenvalue weighted by Crippen LogP contribution is -2.41. The van der Waals surface area contributed by atoms with Crippen molar-refractivity contribution < 1.29 is 18.3 Å². The molecule has 146 valence electrons. The average Bonchev–Trinajstić information content (AvgIpc) is 2.91. The van der Waals surface area contributed by atoms with Crippen molar-refractivity contribution in [2.45, 2.75) is 31.7 Å². The highest BCUT2D eigenvalue weighted by molar-refractivity contribution is 6.32. The van der Waals surface area contributed by atoms with E-state index in [-0.39, 0.29) is 24.9 Å². The second-order valence-electron chi connectivity index (χ2n) is 6.47. The minimum Gasteiger partial charge on any atom is -0.475 e. The second kappa shape index (κ2) is 7.08. The molecule has 2 aromatic heterocycles. The van der Waals surface area contributed by atoms with Gasteiger partial charge in [0.15, 0.2) is 5.82 Å². The van der Waals surface area contributed by atoms with Gasteiger partial charge in [-0.1, -0.05) is 11.6 Å². The third-order valence-corrected chi connectivity index (χ3v) is 4.84. The molecule has 8 nitrogen and oxygen atoms in total. The molecular formula is C16H19ClF2N6O2. The summed E-state index contributed by atoms with van der Waals surface area (Å²) in [7, 11) is 0.